The van der Waals surface area contributed by atoms with E-state index in [0.717, 1.165) is 70.6 Å². The summed E-state index contributed by atoms with van der Waals surface area (Å²) in [4.78, 5) is 9.86. The van der Waals surface area contributed by atoms with Crippen LogP contribution in [0, 0.1) is 5.92 Å². The summed E-state index contributed by atoms with van der Waals surface area (Å²) in [6, 6.07) is 4.59. The van der Waals surface area contributed by atoms with E-state index in [9.17, 15) is 0 Å². The van der Waals surface area contributed by atoms with Crippen LogP contribution in [-0.4, -0.2) is 74.3 Å². The number of aliphatic imine (C=N–C) groups is 1. The van der Waals surface area contributed by atoms with Crippen LogP contribution in [0.3, 0.4) is 0 Å². The molecule has 3 rings (SSSR count). The topological polar surface area (TPSA) is 53.2 Å². The van der Waals surface area contributed by atoms with Crippen molar-refractivity contribution in [1.82, 2.24) is 15.1 Å². The molecular formula is C19H32N4O2. The second kappa shape index (κ2) is 9.25. The minimum absolute atomic E-state index is 0.569. The predicted octanol–water partition coefficient (Wildman–Crippen LogP) is 1.83. The van der Waals surface area contributed by atoms with Crippen molar-refractivity contribution in [2.75, 3.05) is 52.5 Å². The van der Waals surface area contributed by atoms with Crippen molar-refractivity contribution in [3.05, 3.63) is 24.2 Å². The first-order valence-corrected chi connectivity index (χ1v) is 9.60. The van der Waals surface area contributed by atoms with Crippen LogP contribution in [0.25, 0.3) is 0 Å². The minimum Gasteiger partial charge on any atom is -0.469 e. The first kappa shape index (κ1) is 18.3. The highest BCUT2D eigenvalue weighted by atomic mass is 16.5. The van der Waals surface area contributed by atoms with Crippen molar-refractivity contribution < 1.29 is 9.15 Å². The third-order valence-corrected chi connectivity index (χ3v) is 4.87. The number of likely N-dealkylation sites (tertiary alicyclic amines) is 1. The van der Waals surface area contributed by atoms with Gasteiger partial charge in [-0.15, -0.1) is 0 Å². The number of nitrogens with zero attached hydrogens (tertiary/aromatic N) is 3. The summed E-state index contributed by atoms with van der Waals surface area (Å²) in [6.45, 7) is 12.1. The van der Waals surface area contributed by atoms with E-state index in [1.165, 1.54) is 6.42 Å². The lowest BCUT2D eigenvalue weighted by Crippen LogP contribution is -2.47. The highest BCUT2D eigenvalue weighted by molar-refractivity contribution is 5.80. The van der Waals surface area contributed by atoms with Crippen molar-refractivity contribution in [3.8, 4) is 0 Å². The Morgan fingerprint density at radius 1 is 1.32 bits per heavy atom. The summed E-state index contributed by atoms with van der Waals surface area (Å²) in [5.74, 6) is 2.64. The highest BCUT2D eigenvalue weighted by Gasteiger charge is 2.30. The molecule has 6 heteroatoms. The Bertz CT molecular complexity index is 524. The Kier molecular flexibility index (Phi) is 6.76. The smallest absolute Gasteiger partial charge is 0.193 e. The van der Waals surface area contributed by atoms with Gasteiger partial charge in [-0.1, -0.05) is 13.8 Å². The van der Waals surface area contributed by atoms with Crippen LogP contribution >= 0.6 is 0 Å². The fourth-order valence-corrected chi connectivity index (χ4v) is 3.46. The molecule has 25 heavy (non-hydrogen) atoms. The predicted molar refractivity (Wildman–Crippen MR) is 99.9 cm³/mol. The fraction of sp³-hybridized carbons (Fsp3) is 0.737. The van der Waals surface area contributed by atoms with Crippen molar-refractivity contribution in [2.24, 2.45) is 10.9 Å². The number of hydrogen-bond acceptors (Lipinski definition) is 4. The molecule has 1 atom stereocenters. The standard InChI is InChI=1S/C19H32N4O2/c1-16(2)14-21-19(20-7-5-18-4-3-11-25-18)23-8-6-17(15-23)22-9-12-24-13-10-22/h3-4,11,16-17H,5-10,12-15H2,1-2H3,(H,20,21). The van der Waals surface area contributed by atoms with E-state index in [1.54, 1.807) is 6.26 Å². The van der Waals surface area contributed by atoms with E-state index in [2.05, 4.69) is 29.0 Å². The van der Waals surface area contributed by atoms with Crippen molar-refractivity contribution in [3.63, 3.8) is 0 Å². The van der Waals surface area contributed by atoms with Gasteiger partial charge in [0.25, 0.3) is 0 Å². The molecule has 0 bridgehead atoms. The summed E-state index contributed by atoms with van der Waals surface area (Å²) in [7, 11) is 0. The van der Waals surface area contributed by atoms with Crippen LogP contribution in [-0.2, 0) is 11.2 Å². The normalized spacial score (nSPS) is 22.8. The third kappa shape index (κ3) is 5.47. The van der Waals surface area contributed by atoms with E-state index in [-0.39, 0.29) is 0 Å². The zero-order valence-corrected chi connectivity index (χ0v) is 15.6. The van der Waals surface area contributed by atoms with E-state index >= 15 is 0 Å². The number of guanidine groups is 1. The minimum atomic E-state index is 0.569. The zero-order chi connectivity index (χ0) is 17.5. The molecule has 2 aliphatic heterocycles. The second-order valence-electron chi connectivity index (χ2n) is 7.35. The van der Waals surface area contributed by atoms with Gasteiger partial charge in [-0.25, -0.2) is 0 Å². The van der Waals surface area contributed by atoms with Gasteiger partial charge in [-0.05, 0) is 24.5 Å². The Morgan fingerprint density at radius 3 is 2.88 bits per heavy atom. The molecule has 2 saturated heterocycles. The Hall–Kier alpha value is -1.53. The molecule has 2 fully saturated rings. The van der Waals surface area contributed by atoms with E-state index in [1.807, 2.05) is 12.1 Å². The van der Waals surface area contributed by atoms with E-state index in [4.69, 9.17) is 14.1 Å². The molecule has 0 amide bonds. The number of morpholine rings is 1. The lowest BCUT2D eigenvalue weighted by Gasteiger charge is -2.32. The van der Waals surface area contributed by atoms with Gasteiger partial charge in [0.2, 0.25) is 0 Å². The molecule has 3 heterocycles. The summed E-state index contributed by atoms with van der Waals surface area (Å²) in [5.41, 5.74) is 0. The van der Waals surface area contributed by atoms with Gasteiger partial charge in [0.15, 0.2) is 5.96 Å². The van der Waals surface area contributed by atoms with Gasteiger partial charge in [0.1, 0.15) is 5.76 Å². The van der Waals surface area contributed by atoms with Gasteiger partial charge in [-0.2, -0.15) is 0 Å². The molecule has 1 aromatic rings. The summed E-state index contributed by atoms with van der Waals surface area (Å²) in [5, 5.41) is 3.55. The number of nitrogens with one attached hydrogen (secondary N) is 1. The van der Waals surface area contributed by atoms with Crippen LogP contribution in [0.15, 0.2) is 27.8 Å². The molecule has 140 valence electrons. The number of furan rings is 1. The summed E-state index contributed by atoms with van der Waals surface area (Å²) < 4.78 is 10.9. The molecule has 0 radical (unpaired) electrons. The van der Waals surface area contributed by atoms with Crippen molar-refractivity contribution >= 4 is 5.96 Å². The maximum absolute atomic E-state index is 5.49. The molecular weight excluding hydrogens is 316 g/mol. The molecule has 0 spiro atoms. The summed E-state index contributed by atoms with van der Waals surface area (Å²) in [6.07, 6.45) is 3.82. The highest BCUT2D eigenvalue weighted by Crippen LogP contribution is 2.17. The van der Waals surface area contributed by atoms with Gasteiger partial charge in [-0.3, -0.25) is 9.89 Å². The first-order valence-electron chi connectivity index (χ1n) is 9.60. The van der Waals surface area contributed by atoms with E-state index in [0.29, 0.717) is 12.0 Å². The van der Waals surface area contributed by atoms with Gasteiger partial charge < -0.3 is 19.4 Å². The number of hydrogen-bond donors (Lipinski definition) is 1. The molecule has 1 aromatic heterocycles. The van der Waals surface area contributed by atoms with Crippen LogP contribution in [0.2, 0.25) is 0 Å². The summed E-state index contributed by atoms with van der Waals surface area (Å²) >= 11 is 0. The zero-order valence-electron chi connectivity index (χ0n) is 15.6. The molecule has 2 aliphatic rings. The lowest BCUT2D eigenvalue weighted by molar-refractivity contribution is 0.0195. The molecule has 6 nitrogen and oxygen atoms in total. The Balaban J connectivity index is 1.54. The first-order chi connectivity index (χ1) is 12.2. The maximum Gasteiger partial charge on any atom is 0.193 e. The molecule has 0 saturated carbocycles. The largest absolute Gasteiger partial charge is 0.469 e. The lowest BCUT2D eigenvalue weighted by atomic mass is 10.2. The van der Waals surface area contributed by atoms with E-state index < -0.39 is 0 Å². The molecule has 1 N–H and O–H groups in total. The monoisotopic (exact) mass is 348 g/mol. The van der Waals surface area contributed by atoms with Gasteiger partial charge in [0, 0.05) is 51.7 Å². The Morgan fingerprint density at radius 2 is 2.16 bits per heavy atom. The van der Waals surface area contributed by atoms with Crippen LogP contribution < -0.4 is 5.32 Å². The second-order valence-corrected chi connectivity index (χ2v) is 7.35. The van der Waals surface area contributed by atoms with Crippen molar-refractivity contribution in [2.45, 2.75) is 32.7 Å². The van der Waals surface area contributed by atoms with Gasteiger partial charge in [0.05, 0.1) is 19.5 Å². The average molecular weight is 348 g/mol. The molecule has 0 aromatic carbocycles. The van der Waals surface area contributed by atoms with Crippen molar-refractivity contribution in [1.29, 1.82) is 0 Å². The van der Waals surface area contributed by atoms with Crippen LogP contribution in [0.1, 0.15) is 26.0 Å². The van der Waals surface area contributed by atoms with Crippen LogP contribution in [0.4, 0.5) is 0 Å². The number of rotatable bonds is 6. The Labute approximate surface area is 151 Å². The maximum atomic E-state index is 5.49. The average Bonchev–Trinajstić information content (AvgIpc) is 3.30. The number of ether oxygens (including phenoxy) is 1. The molecule has 1 unspecified atom stereocenters. The SMILES string of the molecule is CC(C)CN=C(NCCc1ccco1)N1CCC(N2CCOCC2)C1. The fourth-order valence-electron chi connectivity index (χ4n) is 3.46. The molecule has 0 aliphatic carbocycles. The third-order valence-electron chi connectivity index (χ3n) is 4.87. The quantitative estimate of drug-likeness (QED) is 0.628. The van der Waals surface area contributed by atoms with Gasteiger partial charge >= 0.3 is 0 Å². The van der Waals surface area contributed by atoms with Crippen LogP contribution in [0.5, 0.6) is 0 Å².